The fourth-order valence-corrected chi connectivity index (χ4v) is 2.45. The van der Waals surface area contributed by atoms with E-state index < -0.39 is 5.82 Å². The first-order chi connectivity index (χ1) is 10.1. The minimum atomic E-state index is -0.622. The van der Waals surface area contributed by atoms with Gasteiger partial charge in [0.05, 0.1) is 5.56 Å². The van der Waals surface area contributed by atoms with Crippen LogP contribution in [-0.2, 0) is 0 Å². The molecule has 2 amide bonds. The molecule has 5 N–H and O–H groups in total. The molecule has 0 bridgehead atoms. The predicted molar refractivity (Wildman–Crippen MR) is 77.9 cm³/mol. The Morgan fingerprint density at radius 2 is 2.05 bits per heavy atom. The normalized spacial score (nSPS) is 16.5. The molecule has 7 heteroatoms. The fourth-order valence-electron chi connectivity index (χ4n) is 2.45. The van der Waals surface area contributed by atoms with Gasteiger partial charge in [0.2, 0.25) is 0 Å². The summed E-state index contributed by atoms with van der Waals surface area (Å²) < 4.78 is 13.5. The summed E-state index contributed by atoms with van der Waals surface area (Å²) in [6.07, 6.45) is 5.41. The number of benzene rings is 1. The lowest BCUT2D eigenvalue weighted by atomic mass is 9.96. The van der Waals surface area contributed by atoms with Gasteiger partial charge in [-0.25, -0.2) is 9.18 Å². The summed E-state index contributed by atoms with van der Waals surface area (Å²) in [7, 11) is 0. The van der Waals surface area contributed by atoms with E-state index >= 15 is 0 Å². The number of urea groups is 1. The van der Waals surface area contributed by atoms with Crippen molar-refractivity contribution in [3.8, 4) is 0 Å². The van der Waals surface area contributed by atoms with Gasteiger partial charge in [-0.1, -0.05) is 24.4 Å². The second-order valence-electron chi connectivity index (χ2n) is 5.11. The Morgan fingerprint density at radius 1 is 1.33 bits per heavy atom. The Balaban J connectivity index is 2.00. The number of anilines is 1. The quantitative estimate of drug-likeness (QED) is 0.298. The van der Waals surface area contributed by atoms with E-state index in [1.165, 1.54) is 18.6 Å². The van der Waals surface area contributed by atoms with E-state index in [0.29, 0.717) is 5.69 Å². The number of amides is 2. The number of nitrogens with zero attached hydrogens (tertiary/aromatic N) is 1. The molecule has 1 aromatic rings. The molecule has 0 aliphatic heterocycles. The van der Waals surface area contributed by atoms with Crippen molar-refractivity contribution in [2.75, 3.05) is 5.32 Å². The second-order valence-corrected chi connectivity index (χ2v) is 5.11. The monoisotopic (exact) mass is 294 g/mol. The van der Waals surface area contributed by atoms with E-state index in [0.717, 1.165) is 31.7 Å². The Labute approximate surface area is 122 Å². The van der Waals surface area contributed by atoms with Gasteiger partial charge in [-0.2, -0.15) is 0 Å². The van der Waals surface area contributed by atoms with Crippen molar-refractivity contribution in [2.45, 2.75) is 38.1 Å². The first kappa shape index (κ1) is 15.1. The van der Waals surface area contributed by atoms with Gasteiger partial charge >= 0.3 is 6.03 Å². The maximum Gasteiger partial charge on any atom is 0.319 e. The molecule has 2 rings (SSSR count). The highest BCUT2D eigenvalue weighted by molar-refractivity contribution is 5.99. The highest BCUT2D eigenvalue weighted by Gasteiger charge is 2.16. The van der Waals surface area contributed by atoms with Gasteiger partial charge in [0, 0.05) is 11.7 Å². The Kier molecular flexibility index (Phi) is 4.97. The zero-order valence-electron chi connectivity index (χ0n) is 11.6. The van der Waals surface area contributed by atoms with Gasteiger partial charge in [-0.05, 0) is 31.0 Å². The molecule has 0 unspecified atom stereocenters. The molecule has 0 radical (unpaired) electrons. The van der Waals surface area contributed by atoms with Crippen LogP contribution in [0.25, 0.3) is 0 Å². The van der Waals surface area contributed by atoms with Crippen LogP contribution < -0.4 is 16.4 Å². The molecular weight excluding hydrogens is 275 g/mol. The van der Waals surface area contributed by atoms with Crippen LogP contribution in [0.4, 0.5) is 14.9 Å². The number of rotatable bonds is 3. The Hall–Kier alpha value is -2.31. The summed E-state index contributed by atoms with van der Waals surface area (Å²) in [6.45, 7) is 0. The molecule has 21 heavy (non-hydrogen) atoms. The van der Waals surface area contributed by atoms with Gasteiger partial charge in [0.1, 0.15) is 5.82 Å². The number of halogens is 1. The average Bonchev–Trinajstić information content (AvgIpc) is 2.49. The summed E-state index contributed by atoms with van der Waals surface area (Å²) in [5.41, 5.74) is 5.69. The van der Waals surface area contributed by atoms with Gasteiger partial charge in [0.15, 0.2) is 5.84 Å². The van der Waals surface area contributed by atoms with E-state index in [1.807, 2.05) is 0 Å². The molecule has 0 spiro atoms. The number of carbonyl (C=O) groups is 1. The minimum Gasteiger partial charge on any atom is -0.409 e. The minimum absolute atomic E-state index is 0.0621. The molecule has 6 nitrogen and oxygen atoms in total. The molecule has 1 aliphatic carbocycles. The zero-order chi connectivity index (χ0) is 15.2. The third kappa shape index (κ3) is 4.08. The van der Waals surface area contributed by atoms with Crippen LogP contribution in [0.2, 0.25) is 0 Å². The van der Waals surface area contributed by atoms with Crippen molar-refractivity contribution in [1.29, 1.82) is 0 Å². The van der Waals surface area contributed by atoms with Crippen LogP contribution in [-0.4, -0.2) is 23.1 Å². The van der Waals surface area contributed by atoms with Crippen LogP contribution in [0.5, 0.6) is 0 Å². The van der Waals surface area contributed by atoms with Crippen LogP contribution in [0, 0.1) is 5.82 Å². The summed E-state index contributed by atoms with van der Waals surface area (Å²) in [5, 5.41) is 16.9. The smallest absolute Gasteiger partial charge is 0.319 e. The molecule has 1 aromatic carbocycles. The molecule has 0 aromatic heterocycles. The largest absolute Gasteiger partial charge is 0.409 e. The summed E-state index contributed by atoms with van der Waals surface area (Å²) in [4.78, 5) is 11.9. The molecule has 1 aliphatic rings. The molecular formula is C14H19FN4O2. The number of carbonyl (C=O) groups excluding carboxylic acids is 1. The van der Waals surface area contributed by atoms with Gasteiger partial charge < -0.3 is 21.6 Å². The second kappa shape index (κ2) is 6.92. The summed E-state index contributed by atoms with van der Waals surface area (Å²) >= 11 is 0. The molecule has 0 saturated heterocycles. The third-order valence-corrected chi connectivity index (χ3v) is 3.55. The molecule has 1 fully saturated rings. The van der Waals surface area contributed by atoms with E-state index in [9.17, 15) is 9.18 Å². The molecule has 0 atom stereocenters. The first-order valence-corrected chi connectivity index (χ1v) is 6.95. The topological polar surface area (TPSA) is 99.7 Å². The molecule has 1 saturated carbocycles. The Morgan fingerprint density at radius 3 is 2.71 bits per heavy atom. The van der Waals surface area contributed by atoms with Crippen molar-refractivity contribution >= 4 is 17.6 Å². The maximum absolute atomic E-state index is 13.5. The molecule has 114 valence electrons. The standard InChI is InChI=1S/C14H19FN4O2/c15-12-7-6-10(8-11(12)13(16)19-21)18-14(20)17-9-4-2-1-3-5-9/h6-9,21H,1-5H2,(H2,16,19)(H2,17,18,20). The summed E-state index contributed by atoms with van der Waals surface area (Å²) in [6, 6.07) is 3.75. The summed E-state index contributed by atoms with van der Waals surface area (Å²) in [5.74, 6) is -0.965. The van der Waals surface area contributed by atoms with Crippen LogP contribution in [0.3, 0.4) is 0 Å². The zero-order valence-corrected chi connectivity index (χ0v) is 11.6. The van der Waals surface area contributed by atoms with Crippen molar-refractivity contribution in [1.82, 2.24) is 5.32 Å². The lowest BCUT2D eigenvalue weighted by Crippen LogP contribution is -2.39. The lowest BCUT2D eigenvalue weighted by molar-refractivity contribution is 0.244. The molecule has 0 heterocycles. The SMILES string of the molecule is NC(=NO)c1cc(NC(=O)NC2CCCCC2)ccc1F. The number of amidine groups is 1. The predicted octanol–water partition coefficient (Wildman–Crippen LogP) is 2.37. The third-order valence-electron chi connectivity index (χ3n) is 3.55. The number of oxime groups is 1. The number of hydrogen-bond donors (Lipinski definition) is 4. The maximum atomic E-state index is 13.5. The van der Waals surface area contributed by atoms with E-state index in [-0.39, 0.29) is 23.5 Å². The van der Waals surface area contributed by atoms with Crippen LogP contribution in [0.15, 0.2) is 23.4 Å². The van der Waals surface area contributed by atoms with E-state index in [4.69, 9.17) is 10.9 Å². The van der Waals surface area contributed by atoms with Crippen LogP contribution in [0.1, 0.15) is 37.7 Å². The Bertz CT molecular complexity index is 542. The first-order valence-electron chi connectivity index (χ1n) is 6.95. The van der Waals surface area contributed by atoms with Gasteiger partial charge in [0.25, 0.3) is 0 Å². The number of hydrogen-bond acceptors (Lipinski definition) is 3. The van der Waals surface area contributed by atoms with Crippen molar-refractivity contribution < 1.29 is 14.4 Å². The lowest BCUT2D eigenvalue weighted by Gasteiger charge is -2.22. The average molecular weight is 294 g/mol. The highest BCUT2D eigenvalue weighted by atomic mass is 19.1. The van der Waals surface area contributed by atoms with Gasteiger partial charge in [-0.15, -0.1) is 0 Å². The van der Waals surface area contributed by atoms with E-state index in [2.05, 4.69) is 15.8 Å². The van der Waals surface area contributed by atoms with Gasteiger partial charge in [-0.3, -0.25) is 0 Å². The van der Waals surface area contributed by atoms with Crippen molar-refractivity contribution in [3.63, 3.8) is 0 Å². The van der Waals surface area contributed by atoms with Crippen molar-refractivity contribution in [2.24, 2.45) is 10.9 Å². The number of nitrogens with one attached hydrogen (secondary N) is 2. The fraction of sp³-hybridized carbons (Fsp3) is 0.429. The van der Waals surface area contributed by atoms with Crippen LogP contribution >= 0.6 is 0 Å². The highest BCUT2D eigenvalue weighted by Crippen LogP contribution is 2.18. The van der Waals surface area contributed by atoms with E-state index in [1.54, 1.807) is 0 Å². The van der Waals surface area contributed by atoms with Crippen molar-refractivity contribution in [3.05, 3.63) is 29.6 Å². The number of nitrogens with two attached hydrogens (primary N) is 1.